The molecule has 0 aromatic carbocycles. The van der Waals surface area contributed by atoms with Crippen molar-refractivity contribution < 1.29 is 0 Å². The van der Waals surface area contributed by atoms with Gasteiger partial charge in [-0.1, -0.05) is 0 Å². The van der Waals surface area contributed by atoms with Gasteiger partial charge in [0.15, 0.2) is 5.65 Å². The third-order valence-electron chi connectivity index (χ3n) is 3.51. The topological polar surface area (TPSA) is 45.5 Å². The highest BCUT2D eigenvalue weighted by Crippen LogP contribution is 2.19. The van der Waals surface area contributed by atoms with Gasteiger partial charge >= 0.3 is 0 Å². The highest BCUT2D eigenvalue weighted by Gasteiger charge is 2.18. The van der Waals surface area contributed by atoms with Crippen molar-refractivity contribution in [3.63, 3.8) is 0 Å². The second-order valence-electron chi connectivity index (χ2n) is 4.52. The number of imidazole rings is 1. The summed E-state index contributed by atoms with van der Waals surface area (Å²) in [4.78, 5) is 10.9. The van der Waals surface area contributed by atoms with Crippen molar-refractivity contribution in [1.82, 2.24) is 19.7 Å². The molecule has 2 aromatic heterocycles. The third kappa shape index (κ3) is 1.98. The Morgan fingerprint density at radius 3 is 2.88 bits per heavy atom. The average molecular weight is 231 g/mol. The Hall–Kier alpha value is -1.62. The van der Waals surface area contributed by atoms with Crippen LogP contribution in [0.5, 0.6) is 0 Å². The van der Waals surface area contributed by atoms with Crippen molar-refractivity contribution in [1.29, 1.82) is 0 Å². The lowest BCUT2D eigenvalue weighted by molar-refractivity contribution is 0.442. The highest BCUT2D eigenvalue weighted by atomic mass is 15.2. The van der Waals surface area contributed by atoms with Gasteiger partial charge in [-0.15, -0.1) is 0 Å². The van der Waals surface area contributed by atoms with Crippen molar-refractivity contribution in [2.75, 3.05) is 25.0 Å². The lowest BCUT2D eigenvalue weighted by atomic mass is 10.1. The fraction of sp³-hybridized carbons (Fsp3) is 0.500. The van der Waals surface area contributed by atoms with Crippen LogP contribution >= 0.6 is 0 Å². The smallest absolute Gasteiger partial charge is 0.156 e. The predicted molar refractivity (Wildman–Crippen MR) is 67.3 cm³/mol. The number of anilines is 1. The van der Waals surface area contributed by atoms with Crippen LogP contribution in [-0.2, 0) is 0 Å². The molecule has 1 saturated heterocycles. The summed E-state index contributed by atoms with van der Waals surface area (Å²) in [6.45, 7) is 2.18. The van der Waals surface area contributed by atoms with E-state index < -0.39 is 0 Å². The van der Waals surface area contributed by atoms with Gasteiger partial charge in [0.05, 0.1) is 18.1 Å². The molecule has 5 heteroatoms. The molecule has 1 fully saturated rings. The van der Waals surface area contributed by atoms with E-state index in [1.54, 1.807) is 12.5 Å². The maximum atomic E-state index is 4.40. The molecule has 0 bridgehead atoms. The van der Waals surface area contributed by atoms with Crippen LogP contribution in [0.25, 0.3) is 5.65 Å². The quantitative estimate of drug-likeness (QED) is 0.834. The van der Waals surface area contributed by atoms with Gasteiger partial charge in [-0.2, -0.15) is 0 Å². The van der Waals surface area contributed by atoms with Gasteiger partial charge in [-0.25, -0.2) is 9.97 Å². The summed E-state index contributed by atoms with van der Waals surface area (Å²) in [6, 6.07) is 0.663. The normalized spacial score (nSPS) is 17.8. The van der Waals surface area contributed by atoms with Crippen LogP contribution in [0.3, 0.4) is 0 Å². The van der Waals surface area contributed by atoms with E-state index in [0.717, 1.165) is 18.7 Å². The van der Waals surface area contributed by atoms with Crippen LogP contribution < -0.4 is 10.2 Å². The molecular weight excluding hydrogens is 214 g/mol. The molecule has 1 aliphatic rings. The van der Waals surface area contributed by atoms with E-state index in [1.165, 1.54) is 18.5 Å². The molecule has 17 heavy (non-hydrogen) atoms. The molecule has 0 spiro atoms. The van der Waals surface area contributed by atoms with E-state index >= 15 is 0 Å². The highest BCUT2D eigenvalue weighted by molar-refractivity contribution is 5.48. The van der Waals surface area contributed by atoms with Crippen molar-refractivity contribution in [3.05, 3.63) is 24.9 Å². The van der Waals surface area contributed by atoms with Crippen LogP contribution in [0.1, 0.15) is 12.8 Å². The summed E-state index contributed by atoms with van der Waals surface area (Å²) >= 11 is 0. The van der Waals surface area contributed by atoms with Crippen LogP contribution in [0.2, 0.25) is 0 Å². The Morgan fingerprint density at radius 2 is 2.12 bits per heavy atom. The first kappa shape index (κ1) is 10.5. The van der Waals surface area contributed by atoms with E-state index in [4.69, 9.17) is 0 Å². The number of rotatable bonds is 2. The zero-order valence-corrected chi connectivity index (χ0v) is 10.0. The first-order chi connectivity index (χ1) is 8.36. The first-order valence-electron chi connectivity index (χ1n) is 6.07. The number of piperidine rings is 1. The van der Waals surface area contributed by atoms with Gasteiger partial charge in [0, 0.05) is 25.3 Å². The van der Waals surface area contributed by atoms with Gasteiger partial charge < -0.3 is 10.2 Å². The van der Waals surface area contributed by atoms with Crippen LogP contribution in [0, 0.1) is 0 Å². The Kier molecular flexibility index (Phi) is 2.68. The molecule has 0 unspecified atom stereocenters. The maximum Gasteiger partial charge on any atom is 0.156 e. The van der Waals surface area contributed by atoms with Crippen LogP contribution in [0.4, 0.5) is 5.69 Å². The number of nitrogens with zero attached hydrogens (tertiary/aromatic N) is 4. The molecule has 3 heterocycles. The molecule has 5 nitrogen and oxygen atoms in total. The number of hydrogen-bond acceptors (Lipinski definition) is 4. The molecule has 0 saturated carbocycles. The molecule has 1 N–H and O–H groups in total. The van der Waals surface area contributed by atoms with E-state index in [9.17, 15) is 0 Å². The summed E-state index contributed by atoms with van der Waals surface area (Å²) in [5.74, 6) is 0. The van der Waals surface area contributed by atoms with Crippen molar-refractivity contribution in [3.8, 4) is 0 Å². The standard InChI is InChI=1S/C12H17N5/c1-13-10-2-4-16(5-3-10)11-6-15-12-7-14-9-17(12)8-11/h6-10,13H,2-5H2,1H3. The van der Waals surface area contributed by atoms with Gasteiger partial charge in [-0.3, -0.25) is 4.40 Å². The monoisotopic (exact) mass is 231 g/mol. The lowest BCUT2D eigenvalue weighted by Crippen LogP contribution is -2.41. The molecule has 0 atom stereocenters. The van der Waals surface area contributed by atoms with E-state index in [-0.39, 0.29) is 0 Å². The van der Waals surface area contributed by atoms with Crippen LogP contribution in [0.15, 0.2) is 24.9 Å². The van der Waals surface area contributed by atoms with E-state index in [1.807, 2.05) is 17.6 Å². The van der Waals surface area contributed by atoms with E-state index in [0.29, 0.717) is 6.04 Å². The zero-order chi connectivity index (χ0) is 11.7. The van der Waals surface area contributed by atoms with Crippen molar-refractivity contribution >= 4 is 11.3 Å². The number of nitrogens with one attached hydrogen (secondary N) is 1. The van der Waals surface area contributed by atoms with Crippen molar-refractivity contribution in [2.24, 2.45) is 0 Å². The summed E-state index contributed by atoms with van der Waals surface area (Å²) in [6.07, 6.45) is 10.0. The van der Waals surface area contributed by atoms with Crippen molar-refractivity contribution in [2.45, 2.75) is 18.9 Å². The van der Waals surface area contributed by atoms with Gasteiger partial charge in [-0.05, 0) is 19.9 Å². The number of fused-ring (bicyclic) bond motifs is 1. The number of aromatic nitrogens is 3. The number of hydrogen-bond donors (Lipinski definition) is 1. The molecule has 0 amide bonds. The second-order valence-corrected chi connectivity index (χ2v) is 4.52. The minimum Gasteiger partial charge on any atom is -0.369 e. The molecule has 90 valence electrons. The largest absolute Gasteiger partial charge is 0.369 e. The molecule has 3 rings (SSSR count). The molecule has 1 aliphatic heterocycles. The summed E-state index contributed by atoms with van der Waals surface area (Å²) in [5, 5.41) is 3.34. The Bertz CT molecular complexity index is 498. The molecule has 0 radical (unpaired) electrons. The molecule has 2 aromatic rings. The van der Waals surface area contributed by atoms with E-state index in [2.05, 4.69) is 26.4 Å². The first-order valence-corrected chi connectivity index (χ1v) is 6.07. The SMILES string of the molecule is CNC1CCN(c2cnc3cncn3c2)CC1. The third-order valence-corrected chi connectivity index (χ3v) is 3.51. The van der Waals surface area contributed by atoms with Gasteiger partial charge in [0.25, 0.3) is 0 Å². The minimum absolute atomic E-state index is 0.663. The van der Waals surface area contributed by atoms with Gasteiger partial charge in [0.2, 0.25) is 0 Å². The van der Waals surface area contributed by atoms with Gasteiger partial charge in [0.1, 0.15) is 6.33 Å². The maximum absolute atomic E-state index is 4.40. The summed E-state index contributed by atoms with van der Waals surface area (Å²) in [7, 11) is 2.04. The predicted octanol–water partition coefficient (Wildman–Crippen LogP) is 0.917. The average Bonchev–Trinajstić information content (AvgIpc) is 2.86. The van der Waals surface area contributed by atoms with Crippen LogP contribution in [-0.4, -0.2) is 40.5 Å². The Labute approximate surface area is 100 Å². The molecular formula is C12H17N5. The summed E-state index contributed by atoms with van der Waals surface area (Å²) in [5.41, 5.74) is 2.09. The Morgan fingerprint density at radius 1 is 1.29 bits per heavy atom. The summed E-state index contributed by atoms with van der Waals surface area (Å²) < 4.78 is 1.97. The zero-order valence-electron chi connectivity index (χ0n) is 10.0. The second kappa shape index (κ2) is 4.33. The Balaban J connectivity index is 1.79. The minimum atomic E-state index is 0.663. The molecule has 0 aliphatic carbocycles. The lowest BCUT2D eigenvalue weighted by Gasteiger charge is -2.33. The fourth-order valence-corrected chi connectivity index (χ4v) is 2.39. The fourth-order valence-electron chi connectivity index (χ4n) is 2.39.